The molecule has 0 aromatic heterocycles. The summed E-state index contributed by atoms with van der Waals surface area (Å²) >= 11 is 5.66. The largest absolute Gasteiger partial charge is 0.303 e. The molecule has 0 saturated heterocycles. The topological polar surface area (TPSA) is 3.24 Å². The Bertz CT molecular complexity index is 134. The molecule has 1 aliphatic carbocycles. The summed E-state index contributed by atoms with van der Waals surface area (Å²) in [6.45, 7) is 6.21. The number of rotatable bonds is 9. The van der Waals surface area contributed by atoms with Gasteiger partial charge < -0.3 is 4.90 Å². The van der Waals surface area contributed by atoms with Gasteiger partial charge in [-0.15, -0.1) is 11.6 Å². The van der Waals surface area contributed by atoms with Crippen LogP contribution in [0.15, 0.2) is 0 Å². The molecule has 0 radical (unpaired) electrons. The van der Waals surface area contributed by atoms with Crippen LogP contribution in [0, 0.1) is 5.92 Å². The van der Waals surface area contributed by atoms with Crippen molar-refractivity contribution in [2.24, 2.45) is 5.92 Å². The molecule has 0 spiro atoms. The van der Waals surface area contributed by atoms with Crippen molar-refractivity contribution in [1.29, 1.82) is 0 Å². The number of hydrogen-bond donors (Lipinski definition) is 0. The Hall–Kier alpha value is 0.250. The van der Waals surface area contributed by atoms with E-state index in [0.29, 0.717) is 0 Å². The summed E-state index contributed by atoms with van der Waals surface area (Å²) in [5.74, 6) is 1.87. The Morgan fingerprint density at radius 2 is 1.93 bits per heavy atom. The second-order valence-corrected chi connectivity index (χ2v) is 4.87. The van der Waals surface area contributed by atoms with Gasteiger partial charge >= 0.3 is 0 Å². The lowest BCUT2D eigenvalue weighted by Gasteiger charge is -2.21. The van der Waals surface area contributed by atoms with Crippen LogP contribution in [0.5, 0.6) is 0 Å². The van der Waals surface area contributed by atoms with E-state index < -0.39 is 0 Å². The maximum absolute atomic E-state index is 5.66. The highest BCUT2D eigenvalue weighted by molar-refractivity contribution is 6.17. The SMILES string of the molecule is CCCN(CCCCCCl)CC1CC1. The molecule has 0 amide bonds. The van der Waals surface area contributed by atoms with Crippen molar-refractivity contribution in [1.82, 2.24) is 4.90 Å². The lowest BCUT2D eigenvalue weighted by molar-refractivity contribution is 0.258. The van der Waals surface area contributed by atoms with Crippen molar-refractivity contribution in [3.63, 3.8) is 0 Å². The number of halogens is 1. The van der Waals surface area contributed by atoms with Crippen LogP contribution in [0.2, 0.25) is 0 Å². The van der Waals surface area contributed by atoms with Crippen molar-refractivity contribution in [2.45, 2.75) is 45.4 Å². The summed E-state index contributed by atoms with van der Waals surface area (Å²) in [7, 11) is 0. The van der Waals surface area contributed by atoms with Crippen molar-refractivity contribution in [2.75, 3.05) is 25.5 Å². The predicted octanol–water partition coefficient (Wildman–Crippen LogP) is 3.52. The van der Waals surface area contributed by atoms with Gasteiger partial charge in [-0.05, 0) is 51.1 Å². The van der Waals surface area contributed by atoms with Gasteiger partial charge in [0.1, 0.15) is 0 Å². The van der Waals surface area contributed by atoms with Crippen LogP contribution in [0.4, 0.5) is 0 Å². The van der Waals surface area contributed by atoms with Gasteiger partial charge in [-0.3, -0.25) is 0 Å². The van der Waals surface area contributed by atoms with Gasteiger partial charge in [-0.1, -0.05) is 13.3 Å². The van der Waals surface area contributed by atoms with E-state index in [9.17, 15) is 0 Å². The summed E-state index contributed by atoms with van der Waals surface area (Å²) in [4.78, 5) is 2.64. The monoisotopic (exact) mass is 217 g/mol. The first-order chi connectivity index (χ1) is 6.86. The second kappa shape index (κ2) is 7.53. The minimum atomic E-state index is 0.830. The van der Waals surface area contributed by atoms with Gasteiger partial charge in [0, 0.05) is 12.4 Å². The van der Waals surface area contributed by atoms with Crippen LogP contribution in [0.1, 0.15) is 45.4 Å². The molecule has 1 saturated carbocycles. The predicted molar refractivity (Wildman–Crippen MR) is 64.0 cm³/mol. The molecule has 1 rings (SSSR count). The third-order valence-electron chi connectivity index (χ3n) is 2.86. The molecule has 84 valence electrons. The van der Waals surface area contributed by atoms with Crippen LogP contribution in [-0.4, -0.2) is 30.4 Å². The van der Waals surface area contributed by atoms with Crippen molar-refractivity contribution >= 4 is 11.6 Å². The Morgan fingerprint density at radius 1 is 1.14 bits per heavy atom. The van der Waals surface area contributed by atoms with Crippen LogP contribution < -0.4 is 0 Å². The standard InChI is InChI=1S/C12H24ClN/c1-2-9-14(11-12-6-7-12)10-5-3-4-8-13/h12H,2-11H2,1H3. The quantitative estimate of drug-likeness (QED) is 0.422. The Balaban J connectivity index is 2.01. The van der Waals surface area contributed by atoms with Crippen molar-refractivity contribution in [3.05, 3.63) is 0 Å². The zero-order valence-electron chi connectivity index (χ0n) is 9.47. The van der Waals surface area contributed by atoms with E-state index in [4.69, 9.17) is 11.6 Å². The zero-order chi connectivity index (χ0) is 10.2. The molecule has 2 heteroatoms. The van der Waals surface area contributed by atoms with E-state index in [-0.39, 0.29) is 0 Å². The lowest BCUT2D eigenvalue weighted by atomic mass is 10.2. The molecule has 0 aliphatic heterocycles. The van der Waals surface area contributed by atoms with Crippen molar-refractivity contribution < 1.29 is 0 Å². The molecule has 0 heterocycles. The summed E-state index contributed by atoms with van der Waals surface area (Å²) in [5.41, 5.74) is 0. The van der Waals surface area contributed by atoms with E-state index in [1.54, 1.807) is 0 Å². The molecule has 0 aromatic rings. The van der Waals surface area contributed by atoms with E-state index >= 15 is 0 Å². The molecule has 1 aliphatic rings. The molecule has 14 heavy (non-hydrogen) atoms. The van der Waals surface area contributed by atoms with Crippen LogP contribution in [0.3, 0.4) is 0 Å². The fraction of sp³-hybridized carbons (Fsp3) is 1.00. The van der Waals surface area contributed by atoms with E-state index in [1.807, 2.05) is 0 Å². The van der Waals surface area contributed by atoms with Crippen LogP contribution in [0.25, 0.3) is 0 Å². The maximum Gasteiger partial charge on any atom is 0.0223 e. The molecule has 0 unspecified atom stereocenters. The molecular formula is C12H24ClN. The first-order valence-electron chi connectivity index (χ1n) is 6.15. The molecular weight excluding hydrogens is 194 g/mol. The number of alkyl halides is 1. The van der Waals surface area contributed by atoms with E-state index in [2.05, 4.69) is 11.8 Å². The molecule has 0 atom stereocenters. The summed E-state index contributed by atoms with van der Waals surface area (Å²) < 4.78 is 0. The normalized spacial score (nSPS) is 16.5. The van der Waals surface area contributed by atoms with Crippen LogP contribution in [-0.2, 0) is 0 Å². The number of nitrogens with zero attached hydrogens (tertiary/aromatic N) is 1. The Labute approximate surface area is 93.8 Å². The number of unbranched alkanes of at least 4 members (excludes halogenated alkanes) is 2. The van der Waals surface area contributed by atoms with Gasteiger partial charge in [0.25, 0.3) is 0 Å². The fourth-order valence-corrected chi connectivity index (χ4v) is 2.07. The molecule has 1 fully saturated rings. The minimum Gasteiger partial charge on any atom is -0.303 e. The third kappa shape index (κ3) is 5.87. The van der Waals surface area contributed by atoms with Gasteiger partial charge in [0.05, 0.1) is 0 Å². The van der Waals surface area contributed by atoms with Gasteiger partial charge in [-0.2, -0.15) is 0 Å². The highest BCUT2D eigenvalue weighted by Gasteiger charge is 2.23. The van der Waals surface area contributed by atoms with E-state index in [1.165, 1.54) is 58.2 Å². The van der Waals surface area contributed by atoms with Crippen molar-refractivity contribution in [3.8, 4) is 0 Å². The van der Waals surface area contributed by atoms with Gasteiger partial charge in [0.15, 0.2) is 0 Å². The minimum absolute atomic E-state index is 0.830. The highest BCUT2D eigenvalue weighted by atomic mass is 35.5. The third-order valence-corrected chi connectivity index (χ3v) is 3.13. The first kappa shape index (κ1) is 12.3. The fourth-order valence-electron chi connectivity index (χ4n) is 1.88. The highest BCUT2D eigenvalue weighted by Crippen LogP contribution is 2.29. The average molecular weight is 218 g/mol. The molecule has 0 aromatic carbocycles. The molecule has 1 nitrogen and oxygen atoms in total. The zero-order valence-corrected chi connectivity index (χ0v) is 10.2. The Kier molecular flexibility index (Phi) is 6.63. The van der Waals surface area contributed by atoms with Gasteiger partial charge in [0.2, 0.25) is 0 Å². The molecule has 0 N–H and O–H groups in total. The van der Waals surface area contributed by atoms with E-state index in [0.717, 1.165) is 11.8 Å². The number of hydrogen-bond acceptors (Lipinski definition) is 1. The lowest BCUT2D eigenvalue weighted by Crippen LogP contribution is -2.28. The summed E-state index contributed by atoms with van der Waals surface area (Å²) in [6, 6.07) is 0. The Morgan fingerprint density at radius 3 is 2.50 bits per heavy atom. The van der Waals surface area contributed by atoms with Gasteiger partial charge in [-0.25, -0.2) is 0 Å². The second-order valence-electron chi connectivity index (χ2n) is 4.49. The smallest absolute Gasteiger partial charge is 0.0223 e. The summed E-state index contributed by atoms with van der Waals surface area (Å²) in [6.07, 6.45) is 8.06. The van der Waals surface area contributed by atoms with Crippen LogP contribution >= 0.6 is 11.6 Å². The average Bonchev–Trinajstić information content (AvgIpc) is 2.96. The summed E-state index contributed by atoms with van der Waals surface area (Å²) in [5, 5.41) is 0. The first-order valence-corrected chi connectivity index (χ1v) is 6.68. The maximum atomic E-state index is 5.66. The molecule has 0 bridgehead atoms.